The van der Waals surface area contributed by atoms with Crippen LogP contribution in [0.1, 0.15) is 64.2 Å². The minimum atomic E-state index is 0.143. The fourth-order valence-electron chi connectivity index (χ4n) is 1.88. The highest BCUT2D eigenvalue weighted by molar-refractivity contribution is 5.75. The van der Waals surface area contributed by atoms with Crippen molar-refractivity contribution >= 4 is 11.8 Å². The van der Waals surface area contributed by atoms with E-state index < -0.39 is 0 Å². The molecule has 0 rings (SSSR count). The Balaban J connectivity index is 3.07. The molecule has 0 saturated carbocycles. The molecular formula is C14H28N2O2. The maximum atomic E-state index is 11.0. The second-order valence-corrected chi connectivity index (χ2v) is 4.67. The topological polar surface area (TPSA) is 58.2 Å². The predicted octanol–water partition coefficient (Wildman–Crippen LogP) is 2.38. The van der Waals surface area contributed by atoms with E-state index in [0.29, 0.717) is 12.8 Å². The third-order valence-corrected chi connectivity index (χ3v) is 3.12. The lowest BCUT2D eigenvalue weighted by Gasteiger charge is -2.02. The van der Waals surface area contributed by atoms with Crippen LogP contribution in [0.5, 0.6) is 0 Å². The standard InChI is InChI=1S/C14H28N2O2/c1-15-13(17)11-9-7-5-3-4-6-8-10-12-14(18)16-2/h3-12H2,1-2H3,(H,15,17)(H,16,18). The molecule has 0 heterocycles. The van der Waals surface area contributed by atoms with Crippen molar-refractivity contribution in [2.24, 2.45) is 0 Å². The highest BCUT2D eigenvalue weighted by Crippen LogP contribution is 2.10. The molecule has 106 valence electrons. The summed E-state index contributed by atoms with van der Waals surface area (Å²) in [5.74, 6) is 0.286. The van der Waals surface area contributed by atoms with Crippen molar-refractivity contribution in [2.75, 3.05) is 14.1 Å². The van der Waals surface area contributed by atoms with Gasteiger partial charge in [-0.3, -0.25) is 9.59 Å². The summed E-state index contributed by atoms with van der Waals surface area (Å²) >= 11 is 0. The van der Waals surface area contributed by atoms with E-state index in [1.165, 1.54) is 25.7 Å². The van der Waals surface area contributed by atoms with E-state index in [2.05, 4.69) is 10.6 Å². The van der Waals surface area contributed by atoms with Crippen molar-refractivity contribution in [1.29, 1.82) is 0 Å². The third-order valence-electron chi connectivity index (χ3n) is 3.12. The highest BCUT2D eigenvalue weighted by atomic mass is 16.2. The molecule has 0 aromatic rings. The molecule has 0 aromatic carbocycles. The number of amides is 2. The Bertz CT molecular complexity index is 206. The fraction of sp³-hybridized carbons (Fsp3) is 0.857. The maximum Gasteiger partial charge on any atom is 0.219 e. The lowest BCUT2D eigenvalue weighted by atomic mass is 10.1. The Kier molecular flexibility index (Phi) is 11.7. The number of carbonyl (C=O) groups is 2. The van der Waals surface area contributed by atoms with E-state index in [0.717, 1.165) is 25.7 Å². The van der Waals surface area contributed by atoms with Crippen LogP contribution >= 0.6 is 0 Å². The number of hydrogen-bond donors (Lipinski definition) is 2. The Morgan fingerprint density at radius 2 is 0.889 bits per heavy atom. The lowest BCUT2D eigenvalue weighted by molar-refractivity contribution is -0.121. The second kappa shape index (κ2) is 12.4. The van der Waals surface area contributed by atoms with Gasteiger partial charge < -0.3 is 10.6 Å². The maximum absolute atomic E-state index is 11.0. The van der Waals surface area contributed by atoms with E-state index in [9.17, 15) is 9.59 Å². The van der Waals surface area contributed by atoms with Crippen LogP contribution in [0.25, 0.3) is 0 Å². The zero-order valence-corrected chi connectivity index (χ0v) is 11.9. The summed E-state index contributed by atoms with van der Waals surface area (Å²) in [5, 5.41) is 5.27. The zero-order valence-electron chi connectivity index (χ0n) is 11.9. The van der Waals surface area contributed by atoms with Gasteiger partial charge in [-0.05, 0) is 12.8 Å². The van der Waals surface area contributed by atoms with Crippen LogP contribution in [0, 0.1) is 0 Å². The number of unbranched alkanes of at least 4 members (excludes halogenated alkanes) is 7. The molecule has 0 aliphatic rings. The lowest BCUT2D eigenvalue weighted by Crippen LogP contribution is -2.16. The molecule has 0 aromatic heterocycles. The van der Waals surface area contributed by atoms with Crippen molar-refractivity contribution in [3.8, 4) is 0 Å². The largest absolute Gasteiger partial charge is 0.359 e. The smallest absolute Gasteiger partial charge is 0.219 e. The van der Waals surface area contributed by atoms with Gasteiger partial charge in [0.15, 0.2) is 0 Å². The molecule has 0 aliphatic heterocycles. The molecule has 2 N–H and O–H groups in total. The number of carbonyl (C=O) groups excluding carboxylic acids is 2. The minimum Gasteiger partial charge on any atom is -0.359 e. The molecule has 0 fully saturated rings. The summed E-state index contributed by atoms with van der Waals surface area (Å²) in [4.78, 5) is 21.9. The average molecular weight is 256 g/mol. The zero-order chi connectivity index (χ0) is 13.6. The Morgan fingerprint density at radius 1 is 0.611 bits per heavy atom. The highest BCUT2D eigenvalue weighted by Gasteiger charge is 1.98. The van der Waals surface area contributed by atoms with Gasteiger partial charge in [-0.25, -0.2) is 0 Å². The Morgan fingerprint density at radius 3 is 1.17 bits per heavy atom. The molecule has 0 atom stereocenters. The van der Waals surface area contributed by atoms with Gasteiger partial charge in [0, 0.05) is 26.9 Å². The van der Waals surface area contributed by atoms with Crippen LogP contribution in [0.3, 0.4) is 0 Å². The van der Waals surface area contributed by atoms with Crippen molar-refractivity contribution < 1.29 is 9.59 Å². The summed E-state index contributed by atoms with van der Waals surface area (Å²) in [6.07, 6.45) is 10.5. The van der Waals surface area contributed by atoms with Crippen molar-refractivity contribution in [3.63, 3.8) is 0 Å². The first-order chi connectivity index (χ1) is 8.70. The third kappa shape index (κ3) is 11.4. The van der Waals surface area contributed by atoms with Crippen molar-refractivity contribution in [3.05, 3.63) is 0 Å². The Hall–Kier alpha value is -1.06. The fourth-order valence-corrected chi connectivity index (χ4v) is 1.88. The molecule has 0 saturated heterocycles. The monoisotopic (exact) mass is 256 g/mol. The molecular weight excluding hydrogens is 228 g/mol. The summed E-state index contributed by atoms with van der Waals surface area (Å²) in [7, 11) is 3.36. The molecule has 18 heavy (non-hydrogen) atoms. The van der Waals surface area contributed by atoms with Crippen LogP contribution in [0.4, 0.5) is 0 Å². The normalized spacial score (nSPS) is 10.1. The van der Waals surface area contributed by atoms with Crippen molar-refractivity contribution in [1.82, 2.24) is 10.6 Å². The van der Waals surface area contributed by atoms with Crippen molar-refractivity contribution in [2.45, 2.75) is 64.2 Å². The Labute approximate surface area is 111 Å². The van der Waals surface area contributed by atoms with E-state index >= 15 is 0 Å². The van der Waals surface area contributed by atoms with Crippen LogP contribution in [0.15, 0.2) is 0 Å². The van der Waals surface area contributed by atoms with Gasteiger partial charge in [0.05, 0.1) is 0 Å². The van der Waals surface area contributed by atoms with Crippen LogP contribution < -0.4 is 10.6 Å². The average Bonchev–Trinajstić information content (AvgIpc) is 2.40. The molecule has 2 amide bonds. The van der Waals surface area contributed by atoms with E-state index in [-0.39, 0.29) is 11.8 Å². The van der Waals surface area contributed by atoms with Gasteiger partial charge in [-0.1, -0.05) is 38.5 Å². The number of hydrogen-bond acceptors (Lipinski definition) is 2. The molecule has 4 heteroatoms. The van der Waals surface area contributed by atoms with Gasteiger partial charge in [-0.2, -0.15) is 0 Å². The van der Waals surface area contributed by atoms with Gasteiger partial charge in [0.25, 0.3) is 0 Å². The van der Waals surface area contributed by atoms with Crippen LogP contribution in [-0.4, -0.2) is 25.9 Å². The first kappa shape index (κ1) is 16.9. The summed E-state index contributed by atoms with van der Waals surface area (Å²) in [6.45, 7) is 0. The number of nitrogens with one attached hydrogen (secondary N) is 2. The molecule has 0 radical (unpaired) electrons. The first-order valence-electron chi connectivity index (χ1n) is 7.12. The van der Waals surface area contributed by atoms with Gasteiger partial charge >= 0.3 is 0 Å². The molecule has 0 unspecified atom stereocenters. The summed E-state index contributed by atoms with van der Waals surface area (Å²) < 4.78 is 0. The minimum absolute atomic E-state index is 0.143. The summed E-state index contributed by atoms with van der Waals surface area (Å²) in [5.41, 5.74) is 0. The van der Waals surface area contributed by atoms with Gasteiger partial charge in [0.2, 0.25) is 11.8 Å². The van der Waals surface area contributed by atoms with Crippen LogP contribution in [-0.2, 0) is 9.59 Å². The van der Waals surface area contributed by atoms with Gasteiger partial charge in [-0.15, -0.1) is 0 Å². The molecule has 4 nitrogen and oxygen atoms in total. The van der Waals surface area contributed by atoms with Gasteiger partial charge in [0.1, 0.15) is 0 Å². The predicted molar refractivity (Wildman–Crippen MR) is 74.3 cm³/mol. The quantitative estimate of drug-likeness (QED) is 0.558. The van der Waals surface area contributed by atoms with E-state index in [4.69, 9.17) is 0 Å². The van der Waals surface area contributed by atoms with E-state index in [1.807, 2.05) is 0 Å². The molecule has 0 bridgehead atoms. The first-order valence-corrected chi connectivity index (χ1v) is 7.12. The van der Waals surface area contributed by atoms with E-state index in [1.54, 1.807) is 14.1 Å². The molecule has 0 aliphatic carbocycles. The second-order valence-electron chi connectivity index (χ2n) is 4.67. The summed E-state index contributed by atoms with van der Waals surface area (Å²) in [6, 6.07) is 0. The SMILES string of the molecule is CNC(=O)CCCCCCCCCCC(=O)NC. The number of rotatable bonds is 11. The molecule has 0 spiro atoms. The van der Waals surface area contributed by atoms with Crippen LogP contribution in [0.2, 0.25) is 0 Å².